The van der Waals surface area contributed by atoms with Crippen molar-refractivity contribution < 1.29 is 33.3 Å². The van der Waals surface area contributed by atoms with Crippen molar-refractivity contribution in [3.8, 4) is 5.75 Å². The lowest BCUT2D eigenvalue weighted by Crippen LogP contribution is -2.29. The van der Waals surface area contributed by atoms with Crippen molar-refractivity contribution >= 4 is 23.7 Å². The van der Waals surface area contributed by atoms with Gasteiger partial charge in [0, 0.05) is 25.1 Å². The molecule has 240 valence electrons. The molecule has 1 amide bonds. The number of rotatable bonds is 13. The van der Waals surface area contributed by atoms with Crippen LogP contribution in [0.3, 0.4) is 0 Å². The third-order valence-electron chi connectivity index (χ3n) is 6.81. The van der Waals surface area contributed by atoms with E-state index in [-0.39, 0.29) is 13.0 Å². The van der Waals surface area contributed by atoms with Gasteiger partial charge in [-0.3, -0.25) is 10.1 Å². The first-order valence-corrected chi connectivity index (χ1v) is 15.4. The van der Waals surface area contributed by atoms with Gasteiger partial charge in [-0.05, 0) is 73.7 Å². The van der Waals surface area contributed by atoms with Crippen molar-refractivity contribution in [3.05, 3.63) is 131 Å². The highest BCUT2D eigenvalue weighted by molar-refractivity contribution is 5.85. The molecule has 0 aliphatic carbocycles. The molecule has 0 heterocycles. The topological polar surface area (TPSA) is 100 Å². The van der Waals surface area contributed by atoms with Crippen LogP contribution >= 0.6 is 0 Å². The molecular formula is C38H41NO7. The minimum Gasteiger partial charge on any atom is -0.459 e. The van der Waals surface area contributed by atoms with E-state index in [1.807, 2.05) is 79.7 Å². The highest BCUT2D eigenvalue weighted by Crippen LogP contribution is 2.26. The van der Waals surface area contributed by atoms with Crippen LogP contribution in [0.15, 0.2) is 103 Å². The van der Waals surface area contributed by atoms with Gasteiger partial charge in [-0.15, -0.1) is 0 Å². The summed E-state index contributed by atoms with van der Waals surface area (Å²) in [6, 6.07) is 31.9. The molecule has 0 saturated carbocycles. The van der Waals surface area contributed by atoms with E-state index in [1.54, 1.807) is 51.1 Å². The second-order valence-corrected chi connectivity index (χ2v) is 11.8. The summed E-state index contributed by atoms with van der Waals surface area (Å²) in [5.74, 6) is -0.412. The van der Waals surface area contributed by atoms with E-state index in [2.05, 4.69) is 5.32 Å². The van der Waals surface area contributed by atoms with E-state index in [9.17, 15) is 14.4 Å². The summed E-state index contributed by atoms with van der Waals surface area (Å²) in [5, 5.41) is 2.68. The van der Waals surface area contributed by atoms with E-state index in [1.165, 1.54) is 0 Å². The molecule has 46 heavy (non-hydrogen) atoms. The number of anilines is 1. The van der Waals surface area contributed by atoms with Gasteiger partial charge in [0.1, 0.15) is 18.0 Å². The third-order valence-corrected chi connectivity index (χ3v) is 6.81. The zero-order valence-corrected chi connectivity index (χ0v) is 26.8. The van der Waals surface area contributed by atoms with Crippen molar-refractivity contribution in [1.82, 2.24) is 0 Å². The molecule has 0 saturated heterocycles. The standard InChI is InChI=1S/C38H41NO7/c1-5-43-34(36(41)44-26-29-14-10-7-11-15-29)24-30-18-21-33(31(23-30)22-27-12-8-6-9-13-27)45-35(40)25-28-16-19-32(20-17-28)39-37(42)46-38(2,3)4/h6-21,23,34H,5,22,24-26H2,1-4H3,(H,39,42). The summed E-state index contributed by atoms with van der Waals surface area (Å²) >= 11 is 0. The fourth-order valence-corrected chi connectivity index (χ4v) is 4.71. The van der Waals surface area contributed by atoms with Crippen LogP contribution in [0.4, 0.5) is 10.5 Å². The van der Waals surface area contributed by atoms with Gasteiger partial charge in [0.15, 0.2) is 6.10 Å². The van der Waals surface area contributed by atoms with Gasteiger partial charge in [0.25, 0.3) is 0 Å². The minimum absolute atomic E-state index is 0.0406. The maximum absolute atomic E-state index is 13.0. The van der Waals surface area contributed by atoms with Crippen molar-refractivity contribution in [3.63, 3.8) is 0 Å². The normalized spacial score (nSPS) is 11.7. The summed E-state index contributed by atoms with van der Waals surface area (Å²) < 4.78 is 22.5. The lowest BCUT2D eigenvalue weighted by atomic mass is 9.99. The lowest BCUT2D eigenvalue weighted by molar-refractivity contribution is -0.158. The average molecular weight is 624 g/mol. The molecule has 1 unspecified atom stereocenters. The van der Waals surface area contributed by atoms with Gasteiger partial charge < -0.3 is 18.9 Å². The lowest BCUT2D eigenvalue weighted by Gasteiger charge is -2.19. The highest BCUT2D eigenvalue weighted by atomic mass is 16.6. The van der Waals surface area contributed by atoms with E-state index in [4.69, 9.17) is 18.9 Å². The van der Waals surface area contributed by atoms with Gasteiger partial charge in [-0.25, -0.2) is 9.59 Å². The van der Waals surface area contributed by atoms with Crippen LogP contribution in [0, 0.1) is 0 Å². The molecule has 8 nitrogen and oxygen atoms in total. The van der Waals surface area contributed by atoms with Crippen LogP contribution in [0.5, 0.6) is 5.75 Å². The third kappa shape index (κ3) is 11.2. The average Bonchev–Trinajstić information content (AvgIpc) is 3.02. The van der Waals surface area contributed by atoms with Crippen LogP contribution in [-0.4, -0.2) is 36.3 Å². The Kier molecular flexibility index (Phi) is 12.1. The fourth-order valence-electron chi connectivity index (χ4n) is 4.71. The Morgan fingerprint density at radius 2 is 1.39 bits per heavy atom. The number of carbonyl (C=O) groups excluding carboxylic acids is 3. The largest absolute Gasteiger partial charge is 0.459 e. The van der Waals surface area contributed by atoms with Crippen molar-refractivity contribution in [2.75, 3.05) is 11.9 Å². The second kappa shape index (κ2) is 16.4. The number of hydrogen-bond acceptors (Lipinski definition) is 7. The van der Waals surface area contributed by atoms with Crippen LogP contribution in [-0.2, 0) is 49.7 Å². The molecular weight excluding hydrogens is 582 g/mol. The molecule has 0 fully saturated rings. The molecule has 0 aliphatic heterocycles. The predicted octanol–water partition coefficient (Wildman–Crippen LogP) is 7.46. The summed E-state index contributed by atoms with van der Waals surface area (Å²) in [6.07, 6.45) is -0.453. The molecule has 4 aromatic rings. The van der Waals surface area contributed by atoms with E-state index in [0.717, 1.165) is 27.8 Å². The van der Waals surface area contributed by atoms with Gasteiger partial charge >= 0.3 is 18.0 Å². The Balaban J connectivity index is 1.44. The summed E-state index contributed by atoms with van der Waals surface area (Å²) in [7, 11) is 0. The SMILES string of the molecule is CCOC(Cc1ccc(OC(=O)Cc2ccc(NC(=O)OC(C)(C)C)cc2)c(Cc2ccccc2)c1)C(=O)OCc1ccccc1. The minimum atomic E-state index is -0.778. The quantitative estimate of drug-likeness (QED) is 0.122. The van der Waals surface area contributed by atoms with Crippen LogP contribution in [0.2, 0.25) is 0 Å². The molecule has 8 heteroatoms. The van der Waals surface area contributed by atoms with Crippen LogP contribution < -0.4 is 10.1 Å². The summed E-state index contributed by atoms with van der Waals surface area (Å²) in [4.78, 5) is 38.0. The first-order chi connectivity index (χ1) is 22.1. The van der Waals surface area contributed by atoms with E-state index in [0.29, 0.717) is 30.9 Å². The molecule has 0 aliphatic rings. The summed E-state index contributed by atoms with van der Waals surface area (Å²) in [6.45, 7) is 7.74. The molecule has 0 radical (unpaired) electrons. The molecule has 4 aromatic carbocycles. The molecule has 1 atom stereocenters. The Morgan fingerprint density at radius 3 is 2.02 bits per heavy atom. The fraction of sp³-hybridized carbons (Fsp3) is 0.289. The zero-order chi connectivity index (χ0) is 32.9. The smallest absolute Gasteiger partial charge is 0.412 e. The highest BCUT2D eigenvalue weighted by Gasteiger charge is 2.22. The molecule has 0 aromatic heterocycles. The van der Waals surface area contributed by atoms with Crippen molar-refractivity contribution in [1.29, 1.82) is 0 Å². The van der Waals surface area contributed by atoms with Gasteiger partial charge in [0.05, 0.1) is 6.42 Å². The molecule has 0 spiro atoms. The zero-order valence-electron chi connectivity index (χ0n) is 26.8. The van der Waals surface area contributed by atoms with Gasteiger partial charge in [-0.2, -0.15) is 0 Å². The monoisotopic (exact) mass is 623 g/mol. The Hall–Kier alpha value is -4.95. The first-order valence-electron chi connectivity index (χ1n) is 15.4. The van der Waals surface area contributed by atoms with Crippen molar-refractivity contribution in [2.24, 2.45) is 0 Å². The van der Waals surface area contributed by atoms with E-state index < -0.39 is 29.7 Å². The Bertz CT molecular complexity index is 1580. The number of hydrogen-bond donors (Lipinski definition) is 1. The van der Waals surface area contributed by atoms with Gasteiger partial charge in [-0.1, -0.05) is 84.9 Å². The van der Waals surface area contributed by atoms with Gasteiger partial charge in [0.2, 0.25) is 0 Å². The molecule has 0 bridgehead atoms. The maximum Gasteiger partial charge on any atom is 0.412 e. The summed E-state index contributed by atoms with van der Waals surface area (Å²) in [5.41, 5.74) is 4.29. The predicted molar refractivity (Wildman–Crippen MR) is 177 cm³/mol. The number of ether oxygens (including phenoxy) is 4. The second-order valence-electron chi connectivity index (χ2n) is 11.8. The first kappa shape index (κ1) is 33.9. The van der Waals surface area contributed by atoms with Crippen LogP contribution in [0.1, 0.15) is 55.5 Å². The molecule has 1 N–H and O–H groups in total. The number of benzene rings is 4. The van der Waals surface area contributed by atoms with E-state index >= 15 is 0 Å². The molecule has 4 rings (SSSR count). The number of esters is 2. The van der Waals surface area contributed by atoms with Crippen molar-refractivity contribution in [2.45, 2.75) is 65.3 Å². The maximum atomic E-state index is 13.0. The Morgan fingerprint density at radius 1 is 0.761 bits per heavy atom. The number of amides is 1. The van der Waals surface area contributed by atoms with Crippen LogP contribution in [0.25, 0.3) is 0 Å². The Labute approximate surface area is 270 Å². The number of nitrogens with one attached hydrogen (secondary N) is 1. The number of carbonyl (C=O) groups is 3.